The van der Waals surface area contributed by atoms with E-state index in [0.29, 0.717) is 12.3 Å². The summed E-state index contributed by atoms with van der Waals surface area (Å²) < 4.78 is 0. The van der Waals surface area contributed by atoms with Crippen molar-refractivity contribution in [3.05, 3.63) is 24.3 Å². The van der Waals surface area contributed by atoms with Gasteiger partial charge in [-0.05, 0) is 12.0 Å². The highest BCUT2D eigenvalue weighted by Crippen LogP contribution is 2.14. The number of carbonyl (C=O) groups is 2. The molecule has 0 spiro atoms. The van der Waals surface area contributed by atoms with Gasteiger partial charge in [0.1, 0.15) is 5.78 Å². The minimum Gasteiger partial charge on any atom is -0.299 e. The molecule has 0 fully saturated rings. The van der Waals surface area contributed by atoms with E-state index in [4.69, 9.17) is 0 Å². The van der Waals surface area contributed by atoms with Crippen molar-refractivity contribution < 1.29 is 9.59 Å². The van der Waals surface area contributed by atoms with E-state index in [1.54, 1.807) is 18.2 Å². The van der Waals surface area contributed by atoms with Crippen LogP contribution in [0, 0.1) is 11.8 Å². The summed E-state index contributed by atoms with van der Waals surface area (Å²) >= 11 is 0. The van der Waals surface area contributed by atoms with Gasteiger partial charge >= 0.3 is 0 Å². The molecular weight excluding hydrogens is 164 g/mol. The maximum atomic E-state index is 11.5. The summed E-state index contributed by atoms with van der Waals surface area (Å²) in [4.78, 5) is 22.8. The van der Waals surface area contributed by atoms with Crippen LogP contribution >= 0.6 is 0 Å². The van der Waals surface area contributed by atoms with Crippen LogP contribution in [0.2, 0.25) is 0 Å². The number of rotatable bonds is 3. The number of hydrogen-bond donors (Lipinski definition) is 0. The van der Waals surface area contributed by atoms with Crippen molar-refractivity contribution in [3.8, 4) is 0 Å². The molecule has 2 heteroatoms. The van der Waals surface area contributed by atoms with E-state index < -0.39 is 5.92 Å². The van der Waals surface area contributed by atoms with Gasteiger partial charge in [-0.3, -0.25) is 9.59 Å². The first-order valence-electron chi connectivity index (χ1n) is 4.52. The Bertz CT molecular complexity index is 272. The van der Waals surface area contributed by atoms with Crippen LogP contribution in [0.5, 0.6) is 0 Å². The summed E-state index contributed by atoms with van der Waals surface area (Å²) in [6.07, 6.45) is 7.04. The normalized spacial score (nSPS) is 21.2. The highest BCUT2D eigenvalue weighted by atomic mass is 16.1. The van der Waals surface area contributed by atoms with Crippen LogP contribution < -0.4 is 0 Å². The van der Waals surface area contributed by atoms with Gasteiger partial charge in [-0.15, -0.1) is 0 Å². The smallest absolute Gasteiger partial charge is 0.169 e. The molecule has 0 heterocycles. The molecule has 0 saturated heterocycles. The molecule has 0 aliphatic heterocycles. The zero-order valence-corrected chi connectivity index (χ0v) is 7.99. The Morgan fingerprint density at radius 2 is 2.15 bits per heavy atom. The van der Waals surface area contributed by atoms with Crippen molar-refractivity contribution in [2.75, 3.05) is 0 Å². The maximum Gasteiger partial charge on any atom is 0.169 e. The van der Waals surface area contributed by atoms with Crippen LogP contribution in [0.25, 0.3) is 0 Å². The summed E-state index contributed by atoms with van der Waals surface area (Å²) in [6.45, 7) is 3.95. The Labute approximate surface area is 78.3 Å². The maximum absolute atomic E-state index is 11.5. The first-order chi connectivity index (χ1) is 6.11. The van der Waals surface area contributed by atoms with E-state index in [0.717, 1.165) is 0 Å². The third-order valence-electron chi connectivity index (χ3n) is 1.94. The molecule has 2 nitrogen and oxygen atoms in total. The lowest BCUT2D eigenvalue weighted by atomic mass is 9.90. The zero-order chi connectivity index (χ0) is 9.84. The van der Waals surface area contributed by atoms with Crippen molar-refractivity contribution in [1.82, 2.24) is 0 Å². The lowest BCUT2D eigenvalue weighted by Crippen LogP contribution is -2.23. The Morgan fingerprint density at radius 1 is 1.46 bits per heavy atom. The van der Waals surface area contributed by atoms with Crippen molar-refractivity contribution in [2.45, 2.75) is 20.3 Å². The fraction of sp³-hybridized carbons (Fsp3) is 0.455. The van der Waals surface area contributed by atoms with Crippen LogP contribution in [-0.4, -0.2) is 11.6 Å². The summed E-state index contributed by atoms with van der Waals surface area (Å²) in [5.74, 6) is -0.263. The topological polar surface area (TPSA) is 34.1 Å². The first kappa shape index (κ1) is 9.90. The van der Waals surface area contributed by atoms with Gasteiger partial charge in [-0.25, -0.2) is 0 Å². The summed E-state index contributed by atoms with van der Waals surface area (Å²) in [5.41, 5.74) is 0. The number of Topliss-reactive ketones (excluding diaryl/α,β-unsaturated/α-hetero) is 1. The summed E-state index contributed by atoms with van der Waals surface area (Å²) in [7, 11) is 0. The molecule has 70 valence electrons. The van der Waals surface area contributed by atoms with E-state index in [-0.39, 0.29) is 11.6 Å². The molecule has 1 rings (SSSR count). The molecule has 0 amide bonds. The number of allylic oxidation sites excluding steroid dienone is 4. The van der Waals surface area contributed by atoms with Gasteiger partial charge in [0.2, 0.25) is 0 Å². The molecule has 0 aromatic carbocycles. The largest absolute Gasteiger partial charge is 0.299 e. The Morgan fingerprint density at radius 3 is 2.69 bits per heavy atom. The molecular formula is C11H14O2. The van der Waals surface area contributed by atoms with Crippen molar-refractivity contribution in [2.24, 2.45) is 11.8 Å². The second-order valence-electron chi connectivity index (χ2n) is 3.69. The Hall–Kier alpha value is -1.18. The molecule has 0 saturated carbocycles. The van der Waals surface area contributed by atoms with Gasteiger partial charge in [-0.2, -0.15) is 0 Å². The van der Waals surface area contributed by atoms with Crippen molar-refractivity contribution >= 4 is 11.6 Å². The van der Waals surface area contributed by atoms with Gasteiger partial charge in [-0.1, -0.05) is 32.1 Å². The van der Waals surface area contributed by atoms with E-state index >= 15 is 0 Å². The lowest BCUT2D eigenvalue weighted by Gasteiger charge is -2.11. The molecule has 0 aromatic rings. The standard InChI is InChI=1S/C11H14O2/c1-8(2)7-11(13)9-5-3-4-6-10(9)12/h3-6,8-9H,7H2,1-2H3. The Kier molecular flexibility index (Phi) is 3.18. The molecule has 1 unspecified atom stereocenters. The quantitative estimate of drug-likeness (QED) is 0.619. The monoisotopic (exact) mass is 178 g/mol. The molecule has 0 bridgehead atoms. The highest BCUT2D eigenvalue weighted by Gasteiger charge is 2.23. The predicted octanol–water partition coefficient (Wildman–Crippen LogP) is 1.91. The van der Waals surface area contributed by atoms with Gasteiger partial charge in [0.15, 0.2) is 5.78 Å². The van der Waals surface area contributed by atoms with E-state index in [2.05, 4.69) is 0 Å². The summed E-state index contributed by atoms with van der Waals surface area (Å²) in [5, 5.41) is 0. The second-order valence-corrected chi connectivity index (χ2v) is 3.69. The van der Waals surface area contributed by atoms with E-state index in [1.165, 1.54) is 6.08 Å². The van der Waals surface area contributed by atoms with Gasteiger partial charge < -0.3 is 0 Å². The number of carbonyl (C=O) groups excluding carboxylic acids is 2. The molecule has 0 aromatic heterocycles. The molecule has 1 aliphatic rings. The average Bonchev–Trinajstić information content (AvgIpc) is 2.03. The minimum absolute atomic E-state index is 0.0283. The van der Waals surface area contributed by atoms with Crippen LogP contribution in [0.3, 0.4) is 0 Å². The van der Waals surface area contributed by atoms with Crippen molar-refractivity contribution in [3.63, 3.8) is 0 Å². The average molecular weight is 178 g/mol. The van der Waals surface area contributed by atoms with Gasteiger partial charge in [0.25, 0.3) is 0 Å². The van der Waals surface area contributed by atoms with Crippen LogP contribution in [-0.2, 0) is 9.59 Å². The molecule has 13 heavy (non-hydrogen) atoms. The van der Waals surface area contributed by atoms with Gasteiger partial charge in [0, 0.05) is 6.42 Å². The third kappa shape index (κ3) is 2.65. The van der Waals surface area contributed by atoms with Crippen molar-refractivity contribution in [1.29, 1.82) is 0 Å². The fourth-order valence-corrected chi connectivity index (χ4v) is 1.32. The Balaban J connectivity index is 2.62. The number of ketones is 2. The molecule has 0 N–H and O–H groups in total. The van der Waals surface area contributed by atoms with E-state index in [9.17, 15) is 9.59 Å². The third-order valence-corrected chi connectivity index (χ3v) is 1.94. The first-order valence-corrected chi connectivity index (χ1v) is 4.52. The summed E-state index contributed by atoms with van der Waals surface area (Å²) in [6, 6.07) is 0. The zero-order valence-electron chi connectivity index (χ0n) is 7.99. The lowest BCUT2D eigenvalue weighted by molar-refractivity contribution is -0.128. The SMILES string of the molecule is CC(C)CC(=O)C1C=CC=CC1=O. The highest BCUT2D eigenvalue weighted by molar-refractivity contribution is 6.09. The second kappa shape index (κ2) is 4.17. The predicted molar refractivity (Wildman–Crippen MR) is 51.2 cm³/mol. The fourth-order valence-electron chi connectivity index (χ4n) is 1.32. The minimum atomic E-state index is -0.521. The molecule has 1 atom stereocenters. The van der Waals surface area contributed by atoms with E-state index in [1.807, 2.05) is 13.8 Å². The van der Waals surface area contributed by atoms with Crippen LogP contribution in [0.4, 0.5) is 0 Å². The van der Waals surface area contributed by atoms with Gasteiger partial charge in [0.05, 0.1) is 5.92 Å². The molecule has 0 radical (unpaired) electrons. The number of hydrogen-bond acceptors (Lipinski definition) is 2. The molecule has 1 aliphatic carbocycles. The van der Waals surface area contributed by atoms with Crippen LogP contribution in [0.1, 0.15) is 20.3 Å². The van der Waals surface area contributed by atoms with Crippen LogP contribution in [0.15, 0.2) is 24.3 Å².